The Labute approximate surface area is 87.3 Å². The van der Waals surface area contributed by atoms with Crippen molar-refractivity contribution < 1.29 is 5.11 Å². The number of rotatable bonds is 5. The van der Waals surface area contributed by atoms with E-state index in [0.29, 0.717) is 0 Å². The van der Waals surface area contributed by atoms with Gasteiger partial charge in [-0.15, -0.1) is 0 Å². The van der Waals surface area contributed by atoms with E-state index in [1.807, 2.05) is 0 Å². The van der Waals surface area contributed by atoms with Gasteiger partial charge in [0.25, 0.3) is 0 Å². The largest absolute Gasteiger partial charge is 0.395 e. The van der Waals surface area contributed by atoms with E-state index in [2.05, 4.69) is 11.9 Å². The van der Waals surface area contributed by atoms with Gasteiger partial charge in [0.15, 0.2) is 0 Å². The van der Waals surface area contributed by atoms with Gasteiger partial charge in [-0.3, -0.25) is 0 Å². The standard InChI is InChI=1S/C11H24N2O/c1-13(8-7-10(12)9-14)11-5-3-2-4-6-11/h10-11,14H,2-9,12H2,1H3. The van der Waals surface area contributed by atoms with E-state index >= 15 is 0 Å². The van der Waals surface area contributed by atoms with Crippen molar-refractivity contribution in [1.29, 1.82) is 0 Å². The zero-order valence-corrected chi connectivity index (χ0v) is 9.28. The number of nitrogens with zero attached hydrogens (tertiary/aromatic N) is 1. The molecular weight excluding hydrogens is 176 g/mol. The van der Waals surface area contributed by atoms with Gasteiger partial charge < -0.3 is 15.7 Å². The molecule has 84 valence electrons. The summed E-state index contributed by atoms with van der Waals surface area (Å²) in [6, 6.07) is 0.718. The summed E-state index contributed by atoms with van der Waals surface area (Å²) in [6.07, 6.45) is 7.74. The minimum atomic E-state index is -0.0407. The lowest BCUT2D eigenvalue weighted by atomic mass is 9.94. The summed E-state index contributed by atoms with van der Waals surface area (Å²) in [5, 5.41) is 8.81. The number of nitrogens with two attached hydrogens (primary N) is 1. The molecule has 3 nitrogen and oxygen atoms in total. The highest BCUT2D eigenvalue weighted by atomic mass is 16.3. The van der Waals surface area contributed by atoms with Crippen LogP contribution < -0.4 is 5.73 Å². The molecular formula is C11H24N2O. The van der Waals surface area contributed by atoms with E-state index in [4.69, 9.17) is 10.8 Å². The van der Waals surface area contributed by atoms with Gasteiger partial charge in [0.1, 0.15) is 0 Å². The van der Waals surface area contributed by atoms with Gasteiger partial charge in [-0.1, -0.05) is 19.3 Å². The molecule has 0 aromatic heterocycles. The van der Waals surface area contributed by atoms with Crippen LogP contribution in [0.3, 0.4) is 0 Å². The average Bonchev–Trinajstić information content (AvgIpc) is 2.26. The summed E-state index contributed by atoms with van der Waals surface area (Å²) >= 11 is 0. The Morgan fingerprint density at radius 2 is 2.00 bits per heavy atom. The summed E-state index contributed by atoms with van der Waals surface area (Å²) in [6.45, 7) is 1.13. The third-order valence-corrected chi connectivity index (χ3v) is 3.29. The molecule has 1 aliphatic carbocycles. The molecule has 14 heavy (non-hydrogen) atoms. The number of aliphatic hydroxyl groups is 1. The predicted molar refractivity (Wildman–Crippen MR) is 59.2 cm³/mol. The molecule has 0 heterocycles. The van der Waals surface area contributed by atoms with Crippen molar-refractivity contribution in [3.05, 3.63) is 0 Å². The molecule has 1 fully saturated rings. The van der Waals surface area contributed by atoms with E-state index in [1.54, 1.807) is 0 Å². The Hall–Kier alpha value is -0.120. The van der Waals surface area contributed by atoms with E-state index < -0.39 is 0 Å². The second-order valence-corrected chi connectivity index (χ2v) is 4.50. The fourth-order valence-corrected chi connectivity index (χ4v) is 2.17. The van der Waals surface area contributed by atoms with Gasteiger partial charge in [0.05, 0.1) is 6.61 Å². The van der Waals surface area contributed by atoms with Crippen LogP contribution in [0.25, 0.3) is 0 Å². The van der Waals surface area contributed by atoms with Crippen molar-refractivity contribution in [2.24, 2.45) is 5.73 Å². The SMILES string of the molecule is CN(CCC(N)CO)C1CCCCC1. The third-order valence-electron chi connectivity index (χ3n) is 3.29. The topological polar surface area (TPSA) is 49.5 Å². The highest BCUT2D eigenvalue weighted by Crippen LogP contribution is 2.21. The van der Waals surface area contributed by atoms with E-state index in [0.717, 1.165) is 19.0 Å². The first-order valence-electron chi connectivity index (χ1n) is 5.80. The quantitative estimate of drug-likeness (QED) is 0.695. The molecule has 0 spiro atoms. The van der Waals surface area contributed by atoms with Crippen LogP contribution >= 0.6 is 0 Å². The summed E-state index contributed by atoms with van der Waals surface area (Å²) in [5.74, 6) is 0. The molecule has 1 unspecified atom stereocenters. The molecule has 1 aliphatic rings. The summed E-state index contributed by atoms with van der Waals surface area (Å²) < 4.78 is 0. The molecule has 0 aromatic carbocycles. The lowest BCUT2D eigenvalue weighted by Gasteiger charge is -2.31. The van der Waals surface area contributed by atoms with Crippen molar-refractivity contribution in [3.63, 3.8) is 0 Å². The summed E-state index contributed by atoms with van der Waals surface area (Å²) in [5.41, 5.74) is 5.67. The van der Waals surface area contributed by atoms with Crippen LogP contribution in [0.1, 0.15) is 38.5 Å². The van der Waals surface area contributed by atoms with Crippen LogP contribution in [0.5, 0.6) is 0 Å². The van der Waals surface area contributed by atoms with Crippen molar-refractivity contribution in [2.75, 3.05) is 20.2 Å². The highest BCUT2D eigenvalue weighted by molar-refractivity contribution is 4.74. The monoisotopic (exact) mass is 200 g/mol. The average molecular weight is 200 g/mol. The zero-order chi connectivity index (χ0) is 10.4. The molecule has 0 aromatic rings. The second kappa shape index (κ2) is 6.38. The molecule has 0 bridgehead atoms. The molecule has 0 saturated heterocycles. The minimum Gasteiger partial charge on any atom is -0.395 e. The van der Waals surface area contributed by atoms with Gasteiger partial charge in [-0.25, -0.2) is 0 Å². The Morgan fingerprint density at radius 1 is 1.36 bits per heavy atom. The van der Waals surface area contributed by atoms with Crippen LogP contribution in [0.15, 0.2) is 0 Å². The van der Waals surface area contributed by atoms with Crippen LogP contribution in [0, 0.1) is 0 Å². The van der Waals surface area contributed by atoms with Gasteiger partial charge in [-0.2, -0.15) is 0 Å². The second-order valence-electron chi connectivity index (χ2n) is 4.50. The third kappa shape index (κ3) is 3.95. The smallest absolute Gasteiger partial charge is 0.0583 e. The molecule has 0 amide bonds. The summed E-state index contributed by atoms with van der Waals surface area (Å²) in [7, 11) is 2.18. The first-order valence-corrected chi connectivity index (χ1v) is 5.80. The lowest BCUT2D eigenvalue weighted by molar-refractivity contribution is 0.176. The fourth-order valence-electron chi connectivity index (χ4n) is 2.17. The first kappa shape index (κ1) is 12.0. The van der Waals surface area contributed by atoms with Crippen LogP contribution in [-0.4, -0.2) is 42.3 Å². The molecule has 0 radical (unpaired) electrons. The van der Waals surface area contributed by atoms with Gasteiger partial charge >= 0.3 is 0 Å². The molecule has 3 heteroatoms. The molecule has 0 aliphatic heterocycles. The molecule has 1 atom stereocenters. The molecule has 1 saturated carbocycles. The van der Waals surface area contributed by atoms with E-state index in [-0.39, 0.29) is 12.6 Å². The maximum Gasteiger partial charge on any atom is 0.0583 e. The lowest BCUT2D eigenvalue weighted by Crippen LogP contribution is -2.37. The predicted octanol–water partition coefficient (Wildman–Crippen LogP) is 0.961. The van der Waals surface area contributed by atoms with Crippen LogP contribution in [0.2, 0.25) is 0 Å². The van der Waals surface area contributed by atoms with Crippen LogP contribution in [0.4, 0.5) is 0 Å². The first-order chi connectivity index (χ1) is 6.74. The molecule has 3 N–H and O–H groups in total. The Kier molecular flexibility index (Phi) is 5.45. The van der Waals surface area contributed by atoms with Crippen molar-refractivity contribution >= 4 is 0 Å². The Morgan fingerprint density at radius 3 is 2.57 bits per heavy atom. The van der Waals surface area contributed by atoms with Gasteiger partial charge in [0, 0.05) is 12.1 Å². The van der Waals surface area contributed by atoms with Crippen molar-refractivity contribution in [2.45, 2.75) is 50.6 Å². The fraction of sp³-hybridized carbons (Fsp3) is 1.00. The summed E-state index contributed by atoms with van der Waals surface area (Å²) in [4.78, 5) is 2.41. The maximum atomic E-state index is 8.81. The Bertz CT molecular complexity index is 146. The number of hydrogen-bond acceptors (Lipinski definition) is 3. The number of hydrogen-bond donors (Lipinski definition) is 2. The van der Waals surface area contributed by atoms with E-state index in [9.17, 15) is 0 Å². The normalized spacial score (nSPS) is 21.4. The minimum absolute atomic E-state index is 0.0407. The van der Waals surface area contributed by atoms with Gasteiger partial charge in [-0.05, 0) is 32.9 Å². The van der Waals surface area contributed by atoms with Crippen molar-refractivity contribution in [3.8, 4) is 0 Å². The van der Waals surface area contributed by atoms with E-state index in [1.165, 1.54) is 32.1 Å². The molecule has 1 rings (SSSR count). The highest BCUT2D eigenvalue weighted by Gasteiger charge is 2.17. The Balaban J connectivity index is 2.16. The zero-order valence-electron chi connectivity index (χ0n) is 9.28. The van der Waals surface area contributed by atoms with Crippen molar-refractivity contribution in [1.82, 2.24) is 4.90 Å². The van der Waals surface area contributed by atoms with Crippen LogP contribution in [-0.2, 0) is 0 Å². The maximum absolute atomic E-state index is 8.81. The number of aliphatic hydroxyl groups excluding tert-OH is 1. The van der Waals surface area contributed by atoms with Gasteiger partial charge in [0.2, 0.25) is 0 Å².